The molecule has 0 unspecified atom stereocenters. The molecule has 1 rings (SSSR count). The van der Waals surface area contributed by atoms with Crippen molar-refractivity contribution in [2.75, 3.05) is 0 Å². The molecule has 0 radical (unpaired) electrons. The number of halogens is 3. The lowest BCUT2D eigenvalue weighted by molar-refractivity contribution is 0.0855. The third-order valence-corrected chi connectivity index (χ3v) is 3.49. The van der Waals surface area contributed by atoms with Crippen molar-refractivity contribution in [2.45, 2.75) is 48.4 Å². The van der Waals surface area contributed by atoms with Crippen molar-refractivity contribution in [3.63, 3.8) is 0 Å². The standard InChI is InChI=1S/C9H15Cl3O/c10-9(11,12)7-5-3-1-2-4-6-8(7)13/h7-8,13H,1-6H2/t7-,8-/m1/s1. The molecule has 0 aromatic heterocycles. The van der Waals surface area contributed by atoms with Gasteiger partial charge in [-0.15, -0.1) is 0 Å². The Hall–Kier alpha value is 0.830. The Balaban J connectivity index is 2.56. The van der Waals surface area contributed by atoms with Crippen LogP contribution in [0.15, 0.2) is 0 Å². The molecule has 0 saturated heterocycles. The van der Waals surface area contributed by atoms with Gasteiger partial charge in [0.05, 0.1) is 6.10 Å². The van der Waals surface area contributed by atoms with Gasteiger partial charge in [-0.05, 0) is 12.8 Å². The predicted octanol–water partition coefficient (Wildman–Crippen LogP) is 3.69. The van der Waals surface area contributed by atoms with E-state index in [0.29, 0.717) is 0 Å². The fraction of sp³-hybridized carbons (Fsp3) is 1.00. The number of alkyl halides is 3. The van der Waals surface area contributed by atoms with Gasteiger partial charge < -0.3 is 5.11 Å². The Kier molecular flexibility index (Phi) is 4.64. The first kappa shape index (κ1) is 11.9. The first-order valence-electron chi connectivity index (χ1n) is 4.76. The monoisotopic (exact) mass is 244 g/mol. The summed E-state index contributed by atoms with van der Waals surface area (Å²) in [6.45, 7) is 0. The third-order valence-electron chi connectivity index (χ3n) is 2.65. The van der Waals surface area contributed by atoms with Gasteiger partial charge in [-0.1, -0.05) is 60.5 Å². The van der Waals surface area contributed by atoms with Crippen molar-refractivity contribution in [2.24, 2.45) is 5.92 Å². The highest BCUT2D eigenvalue weighted by Crippen LogP contribution is 2.41. The molecule has 1 aliphatic rings. The molecule has 0 heterocycles. The molecule has 4 heteroatoms. The topological polar surface area (TPSA) is 20.2 Å². The minimum Gasteiger partial charge on any atom is -0.393 e. The molecule has 0 aliphatic heterocycles. The van der Waals surface area contributed by atoms with E-state index < -0.39 is 9.90 Å². The minimum atomic E-state index is -1.31. The lowest BCUT2D eigenvalue weighted by Gasteiger charge is -2.30. The van der Waals surface area contributed by atoms with Gasteiger partial charge in [-0.25, -0.2) is 0 Å². The molecule has 0 amide bonds. The van der Waals surface area contributed by atoms with Crippen LogP contribution < -0.4 is 0 Å². The van der Waals surface area contributed by atoms with Gasteiger partial charge in [0.25, 0.3) is 0 Å². The maximum Gasteiger partial charge on any atom is 0.195 e. The van der Waals surface area contributed by atoms with E-state index in [-0.39, 0.29) is 5.92 Å². The Morgan fingerprint density at radius 1 is 0.923 bits per heavy atom. The van der Waals surface area contributed by atoms with E-state index >= 15 is 0 Å². The molecule has 13 heavy (non-hydrogen) atoms. The van der Waals surface area contributed by atoms with Crippen molar-refractivity contribution in [1.82, 2.24) is 0 Å². The van der Waals surface area contributed by atoms with Gasteiger partial charge >= 0.3 is 0 Å². The Labute approximate surface area is 94.4 Å². The zero-order valence-corrected chi connectivity index (χ0v) is 9.75. The summed E-state index contributed by atoms with van der Waals surface area (Å²) in [6.07, 6.45) is 5.59. The SMILES string of the molecule is O[C@@H]1CCCCCC[C@H]1C(Cl)(Cl)Cl. The number of aliphatic hydroxyl groups is 1. The molecule has 1 N–H and O–H groups in total. The number of hydrogen-bond acceptors (Lipinski definition) is 1. The predicted molar refractivity (Wildman–Crippen MR) is 57.5 cm³/mol. The van der Waals surface area contributed by atoms with Crippen LogP contribution in [0.2, 0.25) is 0 Å². The average molecular weight is 246 g/mol. The van der Waals surface area contributed by atoms with Gasteiger partial charge in [0.1, 0.15) is 0 Å². The first-order chi connectivity index (χ1) is 6.02. The summed E-state index contributed by atoms with van der Waals surface area (Å²) in [5, 5.41) is 9.76. The Morgan fingerprint density at radius 2 is 1.46 bits per heavy atom. The van der Waals surface area contributed by atoms with Crippen LogP contribution in [0.25, 0.3) is 0 Å². The van der Waals surface area contributed by atoms with Gasteiger partial charge in [-0.3, -0.25) is 0 Å². The van der Waals surface area contributed by atoms with E-state index in [4.69, 9.17) is 34.8 Å². The molecule has 2 atom stereocenters. The molecule has 1 nitrogen and oxygen atoms in total. The molecular weight excluding hydrogens is 230 g/mol. The highest BCUT2D eigenvalue weighted by Gasteiger charge is 2.37. The molecule has 0 aromatic rings. The van der Waals surface area contributed by atoms with Gasteiger partial charge in [0.15, 0.2) is 3.79 Å². The average Bonchev–Trinajstić information content (AvgIpc) is 1.94. The second kappa shape index (κ2) is 5.06. The van der Waals surface area contributed by atoms with Crippen molar-refractivity contribution < 1.29 is 5.11 Å². The maximum atomic E-state index is 9.76. The van der Waals surface area contributed by atoms with E-state index in [1.807, 2.05) is 0 Å². The van der Waals surface area contributed by atoms with Crippen molar-refractivity contribution in [3.8, 4) is 0 Å². The van der Waals surface area contributed by atoms with E-state index in [2.05, 4.69) is 0 Å². The van der Waals surface area contributed by atoms with Gasteiger partial charge in [0, 0.05) is 5.92 Å². The molecular formula is C9H15Cl3O. The third kappa shape index (κ3) is 3.83. The van der Waals surface area contributed by atoms with E-state index in [0.717, 1.165) is 25.7 Å². The summed E-state index contributed by atoms with van der Waals surface area (Å²) in [6, 6.07) is 0. The molecule has 1 fully saturated rings. The van der Waals surface area contributed by atoms with E-state index in [1.54, 1.807) is 0 Å². The second-order valence-electron chi connectivity index (χ2n) is 3.71. The lowest BCUT2D eigenvalue weighted by Crippen LogP contribution is -2.32. The van der Waals surface area contributed by atoms with Crippen LogP contribution in [0.5, 0.6) is 0 Å². The molecule has 0 aromatic carbocycles. The van der Waals surface area contributed by atoms with Crippen LogP contribution in [0.3, 0.4) is 0 Å². The fourth-order valence-corrected chi connectivity index (χ4v) is 2.61. The van der Waals surface area contributed by atoms with Crippen LogP contribution in [0.1, 0.15) is 38.5 Å². The molecule has 0 bridgehead atoms. The summed E-state index contributed by atoms with van der Waals surface area (Å²) < 4.78 is -1.31. The van der Waals surface area contributed by atoms with Crippen LogP contribution in [0, 0.1) is 5.92 Å². The van der Waals surface area contributed by atoms with E-state index in [9.17, 15) is 5.11 Å². The number of aliphatic hydroxyl groups excluding tert-OH is 1. The second-order valence-corrected chi connectivity index (χ2v) is 6.08. The summed E-state index contributed by atoms with van der Waals surface area (Å²) in [5.74, 6) is -0.196. The highest BCUT2D eigenvalue weighted by molar-refractivity contribution is 6.67. The van der Waals surface area contributed by atoms with Crippen molar-refractivity contribution in [1.29, 1.82) is 0 Å². The highest BCUT2D eigenvalue weighted by atomic mass is 35.6. The molecule has 1 aliphatic carbocycles. The number of hydrogen-bond donors (Lipinski definition) is 1. The maximum absolute atomic E-state index is 9.76. The largest absolute Gasteiger partial charge is 0.393 e. The summed E-state index contributed by atoms with van der Waals surface area (Å²) in [5.41, 5.74) is 0. The summed E-state index contributed by atoms with van der Waals surface area (Å²) in [7, 11) is 0. The molecule has 78 valence electrons. The molecule has 1 saturated carbocycles. The van der Waals surface area contributed by atoms with Crippen LogP contribution in [-0.2, 0) is 0 Å². The lowest BCUT2D eigenvalue weighted by atomic mass is 9.90. The first-order valence-corrected chi connectivity index (χ1v) is 5.90. The van der Waals surface area contributed by atoms with Crippen molar-refractivity contribution in [3.05, 3.63) is 0 Å². The zero-order chi connectivity index (χ0) is 9.90. The normalized spacial score (nSPS) is 32.3. The number of rotatable bonds is 0. The Bertz CT molecular complexity index is 155. The summed E-state index contributed by atoms with van der Waals surface area (Å²) >= 11 is 17.4. The van der Waals surface area contributed by atoms with Crippen molar-refractivity contribution >= 4 is 34.8 Å². The fourth-order valence-electron chi connectivity index (χ4n) is 1.85. The van der Waals surface area contributed by atoms with Gasteiger partial charge in [-0.2, -0.15) is 0 Å². The zero-order valence-electron chi connectivity index (χ0n) is 7.48. The Morgan fingerprint density at radius 3 is 2.00 bits per heavy atom. The molecule has 0 spiro atoms. The van der Waals surface area contributed by atoms with Gasteiger partial charge in [0.2, 0.25) is 0 Å². The summed E-state index contributed by atoms with van der Waals surface area (Å²) in [4.78, 5) is 0. The quantitative estimate of drug-likeness (QED) is 0.646. The van der Waals surface area contributed by atoms with E-state index in [1.165, 1.54) is 12.8 Å². The van der Waals surface area contributed by atoms with Crippen LogP contribution >= 0.6 is 34.8 Å². The van der Waals surface area contributed by atoms with Crippen LogP contribution in [-0.4, -0.2) is 15.0 Å². The van der Waals surface area contributed by atoms with Crippen LogP contribution in [0.4, 0.5) is 0 Å². The minimum absolute atomic E-state index is 0.196. The smallest absolute Gasteiger partial charge is 0.195 e.